The maximum absolute atomic E-state index is 4.55. The van der Waals surface area contributed by atoms with Gasteiger partial charge in [-0.15, -0.1) is 10.2 Å². The van der Waals surface area contributed by atoms with E-state index in [0.717, 1.165) is 35.2 Å². The first-order valence-electron chi connectivity index (χ1n) is 5.58. The third kappa shape index (κ3) is 2.22. The van der Waals surface area contributed by atoms with Crippen molar-refractivity contribution in [2.75, 3.05) is 13.6 Å². The average molecular weight is 239 g/mol. The summed E-state index contributed by atoms with van der Waals surface area (Å²) in [6.45, 7) is 5.24. The van der Waals surface area contributed by atoms with Gasteiger partial charge in [0, 0.05) is 12.3 Å². The molecule has 0 saturated carbocycles. The van der Waals surface area contributed by atoms with Crippen molar-refractivity contribution in [1.82, 2.24) is 25.1 Å². The standard InChI is InChI=1S/C10H17N5S/c1-7(2)9-12-13-10-15(9)14-8(16-10)5-4-6-11-3/h7,11H,4-6H2,1-3H3. The minimum atomic E-state index is 0.363. The molecule has 2 rings (SSSR count). The van der Waals surface area contributed by atoms with E-state index in [1.54, 1.807) is 11.3 Å². The quantitative estimate of drug-likeness (QED) is 0.803. The van der Waals surface area contributed by atoms with Crippen molar-refractivity contribution in [1.29, 1.82) is 0 Å². The Morgan fingerprint density at radius 3 is 2.88 bits per heavy atom. The van der Waals surface area contributed by atoms with Gasteiger partial charge >= 0.3 is 0 Å². The third-order valence-corrected chi connectivity index (χ3v) is 3.35. The number of rotatable bonds is 5. The lowest BCUT2D eigenvalue weighted by molar-refractivity contribution is 0.692. The number of fused-ring (bicyclic) bond motifs is 1. The highest BCUT2D eigenvalue weighted by Gasteiger charge is 2.13. The van der Waals surface area contributed by atoms with Crippen LogP contribution in [0.1, 0.15) is 37.0 Å². The Kier molecular flexibility index (Phi) is 3.50. The fraction of sp³-hybridized carbons (Fsp3) is 0.700. The second-order valence-corrected chi connectivity index (χ2v) is 5.15. The van der Waals surface area contributed by atoms with Crippen molar-refractivity contribution in [3.8, 4) is 0 Å². The summed E-state index contributed by atoms with van der Waals surface area (Å²) in [5.41, 5.74) is 0. The largest absolute Gasteiger partial charge is 0.320 e. The Bertz CT molecular complexity index is 459. The Morgan fingerprint density at radius 2 is 2.19 bits per heavy atom. The topological polar surface area (TPSA) is 55.1 Å². The molecule has 0 aliphatic rings. The molecule has 88 valence electrons. The van der Waals surface area contributed by atoms with Gasteiger partial charge < -0.3 is 5.32 Å². The van der Waals surface area contributed by atoms with Crippen LogP contribution >= 0.6 is 11.3 Å². The van der Waals surface area contributed by atoms with Crippen LogP contribution < -0.4 is 5.32 Å². The molecule has 0 bridgehead atoms. The number of nitrogens with one attached hydrogen (secondary N) is 1. The normalized spacial score (nSPS) is 11.8. The lowest BCUT2D eigenvalue weighted by Gasteiger charge is -1.98. The van der Waals surface area contributed by atoms with Gasteiger partial charge in [-0.25, -0.2) is 0 Å². The molecule has 0 aliphatic heterocycles. The van der Waals surface area contributed by atoms with E-state index in [-0.39, 0.29) is 0 Å². The van der Waals surface area contributed by atoms with E-state index >= 15 is 0 Å². The van der Waals surface area contributed by atoms with Crippen LogP contribution in [0.5, 0.6) is 0 Å². The van der Waals surface area contributed by atoms with Crippen LogP contribution in [0.4, 0.5) is 0 Å². The molecule has 2 aromatic heterocycles. The molecule has 0 saturated heterocycles. The van der Waals surface area contributed by atoms with Crippen LogP contribution in [0.3, 0.4) is 0 Å². The molecule has 0 radical (unpaired) electrons. The number of hydrogen-bond acceptors (Lipinski definition) is 5. The van der Waals surface area contributed by atoms with E-state index in [1.807, 2.05) is 11.6 Å². The first-order valence-corrected chi connectivity index (χ1v) is 6.39. The third-order valence-electron chi connectivity index (χ3n) is 2.39. The molecule has 5 nitrogen and oxygen atoms in total. The monoisotopic (exact) mass is 239 g/mol. The van der Waals surface area contributed by atoms with Crippen molar-refractivity contribution in [3.05, 3.63) is 10.8 Å². The van der Waals surface area contributed by atoms with E-state index < -0.39 is 0 Å². The summed E-state index contributed by atoms with van der Waals surface area (Å²) in [6.07, 6.45) is 2.12. The van der Waals surface area contributed by atoms with E-state index in [2.05, 4.69) is 34.5 Å². The van der Waals surface area contributed by atoms with Crippen molar-refractivity contribution in [3.63, 3.8) is 0 Å². The molecule has 0 fully saturated rings. The Balaban J connectivity index is 2.17. The molecular weight excluding hydrogens is 222 g/mol. The van der Waals surface area contributed by atoms with Gasteiger partial charge in [0.1, 0.15) is 5.01 Å². The molecule has 1 N–H and O–H groups in total. The van der Waals surface area contributed by atoms with Crippen molar-refractivity contribution >= 4 is 16.3 Å². The van der Waals surface area contributed by atoms with Gasteiger partial charge in [-0.3, -0.25) is 0 Å². The highest BCUT2D eigenvalue weighted by atomic mass is 32.1. The van der Waals surface area contributed by atoms with Crippen LogP contribution in [0.2, 0.25) is 0 Å². The summed E-state index contributed by atoms with van der Waals surface area (Å²) in [7, 11) is 1.97. The second kappa shape index (κ2) is 4.88. The summed E-state index contributed by atoms with van der Waals surface area (Å²) >= 11 is 1.64. The van der Waals surface area contributed by atoms with Crippen LogP contribution in [0.25, 0.3) is 4.96 Å². The summed E-state index contributed by atoms with van der Waals surface area (Å²) < 4.78 is 1.88. The number of nitrogens with zero attached hydrogens (tertiary/aromatic N) is 4. The zero-order chi connectivity index (χ0) is 11.5. The smallest absolute Gasteiger partial charge is 0.234 e. The molecule has 0 atom stereocenters. The highest BCUT2D eigenvalue weighted by molar-refractivity contribution is 7.16. The number of aryl methyl sites for hydroxylation is 1. The van der Waals surface area contributed by atoms with Crippen molar-refractivity contribution in [2.45, 2.75) is 32.6 Å². The minimum absolute atomic E-state index is 0.363. The zero-order valence-corrected chi connectivity index (χ0v) is 10.7. The van der Waals surface area contributed by atoms with E-state index in [4.69, 9.17) is 0 Å². The Labute approximate surface area is 98.9 Å². The Morgan fingerprint density at radius 1 is 1.38 bits per heavy atom. The van der Waals surface area contributed by atoms with Gasteiger partial charge in [0.15, 0.2) is 5.82 Å². The van der Waals surface area contributed by atoms with Crippen molar-refractivity contribution in [2.24, 2.45) is 0 Å². The van der Waals surface area contributed by atoms with Crippen molar-refractivity contribution < 1.29 is 0 Å². The molecular formula is C10H17N5S. The molecule has 0 aliphatic carbocycles. The summed E-state index contributed by atoms with van der Waals surface area (Å²) in [5.74, 6) is 1.31. The fourth-order valence-corrected chi connectivity index (χ4v) is 2.43. The zero-order valence-electron chi connectivity index (χ0n) is 9.90. The highest BCUT2D eigenvalue weighted by Crippen LogP contribution is 2.19. The van der Waals surface area contributed by atoms with E-state index in [1.165, 1.54) is 0 Å². The molecule has 6 heteroatoms. The molecule has 0 spiro atoms. The number of aromatic nitrogens is 4. The van der Waals surface area contributed by atoms with Gasteiger partial charge in [-0.2, -0.15) is 9.61 Å². The van der Waals surface area contributed by atoms with E-state index in [0.29, 0.717) is 5.92 Å². The molecule has 0 aromatic carbocycles. The van der Waals surface area contributed by atoms with Crippen LogP contribution in [-0.4, -0.2) is 33.4 Å². The average Bonchev–Trinajstić information content (AvgIpc) is 2.76. The summed E-state index contributed by atoms with van der Waals surface area (Å²) in [4.78, 5) is 0.906. The predicted molar refractivity (Wildman–Crippen MR) is 65.0 cm³/mol. The van der Waals surface area contributed by atoms with Crippen LogP contribution in [-0.2, 0) is 6.42 Å². The van der Waals surface area contributed by atoms with Gasteiger partial charge in [0.2, 0.25) is 4.96 Å². The lowest BCUT2D eigenvalue weighted by atomic mass is 10.2. The SMILES string of the molecule is CNCCCc1nn2c(C(C)C)nnc2s1. The maximum Gasteiger partial charge on any atom is 0.234 e. The van der Waals surface area contributed by atoms with Crippen LogP contribution in [0.15, 0.2) is 0 Å². The Hall–Kier alpha value is -1.01. The fourth-order valence-electron chi connectivity index (χ4n) is 1.55. The molecule has 0 amide bonds. The van der Waals surface area contributed by atoms with Crippen LogP contribution in [0, 0.1) is 0 Å². The predicted octanol–water partition coefficient (Wildman–Crippen LogP) is 1.46. The van der Waals surface area contributed by atoms with E-state index in [9.17, 15) is 0 Å². The minimum Gasteiger partial charge on any atom is -0.320 e. The lowest BCUT2D eigenvalue weighted by Crippen LogP contribution is -2.08. The maximum atomic E-state index is 4.55. The number of hydrogen-bond donors (Lipinski definition) is 1. The first kappa shape index (κ1) is 11.5. The summed E-state index contributed by atoms with van der Waals surface area (Å²) in [5, 5.41) is 17.1. The molecule has 0 unspecified atom stereocenters. The van der Waals surface area contributed by atoms with Gasteiger partial charge in [-0.1, -0.05) is 25.2 Å². The molecule has 16 heavy (non-hydrogen) atoms. The summed E-state index contributed by atoms with van der Waals surface area (Å²) in [6, 6.07) is 0. The van der Waals surface area contributed by atoms with Gasteiger partial charge in [0.25, 0.3) is 0 Å². The molecule has 2 aromatic rings. The van der Waals surface area contributed by atoms with Gasteiger partial charge in [-0.05, 0) is 20.0 Å². The molecule has 2 heterocycles. The second-order valence-electron chi connectivity index (χ2n) is 4.11. The van der Waals surface area contributed by atoms with Gasteiger partial charge in [0.05, 0.1) is 0 Å². The first-order chi connectivity index (χ1) is 7.72.